The van der Waals surface area contributed by atoms with Gasteiger partial charge in [-0.15, -0.1) is 0 Å². The van der Waals surface area contributed by atoms with Crippen molar-refractivity contribution in [2.24, 2.45) is 0 Å². The molecule has 0 fully saturated rings. The molecule has 28 heavy (non-hydrogen) atoms. The summed E-state index contributed by atoms with van der Waals surface area (Å²) in [4.78, 5) is 17.0. The summed E-state index contributed by atoms with van der Waals surface area (Å²) >= 11 is 0. The molecule has 1 N–H and O–H groups in total. The number of ether oxygens (including phenoxy) is 2. The van der Waals surface area contributed by atoms with Gasteiger partial charge in [0, 0.05) is 11.3 Å². The molecule has 1 aliphatic rings. The van der Waals surface area contributed by atoms with Crippen LogP contribution in [0.2, 0.25) is 0 Å². The van der Waals surface area contributed by atoms with E-state index in [9.17, 15) is 4.79 Å². The van der Waals surface area contributed by atoms with Crippen LogP contribution in [0.15, 0.2) is 77.2 Å². The van der Waals surface area contributed by atoms with E-state index in [1.54, 1.807) is 18.2 Å². The summed E-state index contributed by atoms with van der Waals surface area (Å²) < 4.78 is 17.1. The number of nitrogens with zero attached hydrogens (tertiary/aromatic N) is 1. The summed E-state index contributed by atoms with van der Waals surface area (Å²) in [5.41, 5.74) is 3.04. The third-order valence-electron chi connectivity index (χ3n) is 4.49. The molecule has 1 amide bonds. The van der Waals surface area contributed by atoms with Crippen molar-refractivity contribution in [2.45, 2.75) is 6.10 Å². The van der Waals surface area contributed by atoms with Crippen molar-refractivity contribution in [1.29, 1.82) is 0 Å². The Hall–Kier alpha value is -3.80. The minimum Gasteiger partial charge on any atom is -0.485 e. The van der Waals surface area contributed by atoms with Crippen molar-refractivity contribution >= 4 is 22.7 Å². The number of para-hydroxylation sites is 4. The van der Waals surface area contributed by atoms with Crippen LogP contribution in [-0.2, 0) is 4.79 Å². The maximum absolute atomic E-state index is 12.5. The van der Waals surface area contributed by atoms with Gasteiger partial charge in [-0.1, -0.05) is 24.3 Å². The quantitative estimate of drug-likeness (QED) is 0.581. The molecule has 0 bridgehead atoms. The van der Waals surface area contributed by atoms with Gasteiger partial charge < -0.3 is 19.2 Å². The van der Waals surface area contributed by atoms with E-state index in [2.05, 4.69) is 10.3 Å². The highest BCUT2D eigenvalue weighted by molar-refractivity contribution is 5.95. The molecule has 6 heteroatoms. The molecule has 1 aromatic heterocycles. The van der Waals surface area contributed by atoms with Crippen molar-refractivity contribution in [3.05, 3.63) is 72.8 Å². The zero-order valence-corrected chi connectivity index (χ0v) is 14.8. The third kappa shape index (κ3) is 3.05. The van der Waals surface area contributed by atoms with Gasteiger partial charge in [0.2, 0.25) is 12.0 Å². The summed E-state index contributed by atoms with van der Waals surface area (Å²) in [7, 11) is 0. The highest BCUT2D eigenvalue weighted by Gasteiger charge is 2.27. The van der Waals surface area contributed by atoms with Gasteiger partial charge in [0.15, 0.2) is 17.1 Å². The van der Waals surface area contributed by atoms with E-state index in [-0.39, 0.29) is 12.5 Å². The number of carbonyl (C=O) groups excluding carboxylic acids is 1. The number of aromatic nitrogens is 1. The van der Waals surface area contributed by atoms with E-state index in [1.165, 1.54) is 0 Å². The molecule has 0 unspecified atom stereocenters. The summed E-state index contributed by atoms with van der Waals surface area (Å²) in [6, 6.07) is 22.2. The van der Waals surface area contributed by atoms with E-state index in [4.69, 9.17) is 13.9 Å². The monoisotopic (exact) mass is 372 g/mol. The summed E-state index contributed by atoms with van der Waals surface area (Å²) in [6.07, 6.45) is -0.702. The Kier molecular flexibility index (Phi) is 3.94. The average molecular weight is 372 g/mol. The Labute approximate surface area is 160 Å². The van der Waals surface area contributed by atoms with Crippen molar-refractivity contribution in [3.8, 4) is 23.0 Å². The molecule has 138 valence electrons. The highest BCUT2D eigenvalue weighted by Crippen LogP contribution is 2.31. The Morgan fingerprint density at radius 1 is 0.929 bits per heavy atom. The first-order valence-corrected chi connectivity index (χ1v) is 8.92. The predicted molar refractivity (Wildman–Crippen MR) is 104 cm³/mol. The summed E-state index contributed by atoms with van der Waals surface area (Å²) in [6.45, 7) is 0.170. The molecular formula is C22H16N2O4. The van der Waals surface area contributed by atoms with E-state index in [1.807, 2.05) is 54.6 Å². The molecule has 0 spiro atoms. The molecule has 5 rings (SSSR count). The Bertz CT molecular complexity index is 1120. The largest absolute Gasteiger partial charge is 0.485 e. The number of fused-ring (bicyclic) bond motifs is 2. The van der Waals surface area contributed by atoms with Crippen molar-refractivity contribution in [1.82, 2.24) is 4.98 Å². The van der Waals surface area contributed by atoms with Crippen LogP contribution in [0.5, 0.6) is 11.5 Å². The molecule has 0 aliphatic carbocycles. The number of hydrogen-bond acceptors (Lipinski definition) is 5. The number of nitrogens with one attached hydrogen (secondary N) is 1. The lowest BCUT2D eigenvalue weighted by Crippen LogP contribution is -2.40. The fourth-order valence-electron chi connectivity index (χ4n) is 3.06. The normalized spacial score (nSPS) is 15.4. The van der Waals surface area contributed by atoms with Gasteiger partial charge in [0.1, 0.15) is 12.1 Å². The fourth-order valence-corrected chi connectivity index (χ4v) is 3.06. The van der Waals surface area contributed by atoms with Crippen LogP contribution in [0.25, 0.3) is 22.6 Å². The van der Waals surface area contributed by atoms with Gasteiger partial charge in [-0.3, -0.25) is 4.79 Å². The molecule has 2 heterocycles. The number of anilines is 1. The van der Waals surface area contributed by atoms with E-state index in [0.29, 0.717) is 23.1 Å². The predicted octanol–water partition coefficient (Wildman–Crippen LogP) is 4.27. The number of oxazole rings is 1. The number of rotatable bonds is 3. The molecule has 4 aromatic rings. The second-order valence-corrected chi connectivity index (χ2v) is 6.42. The number of amides is 1. The Morgan fingerprint density at radius 2 is 1.68 bits per heavy atom. The highest BCUT2D eigenvalue weighted by atomic mass is 16.6. The Balaban J connectivity index is 1.29. The summed E-state index contributed by atoms with van der Waals surface area (Å²) in [5.74, 6) is 1.50. The molecule has 0 radical (unpaired) electrons. The van der Waals surface area contributed by atoms with Crippen molar-refractivity contribution in [3.63, 3.8) is 0 Å². The topological polar surface area (TPSA) is 73.6 Å². The average Bonchev–Trinajstić information content (AvgIpc) is 3.18. The third-order valence-corrected chi connectivity index (χ3v) is 4.49. The van der Waals surface area contributed by atoms with Gasteiger partial charge in [0.25, 0.3) is 5.91 Å². The first-order valence-electron chi connectivity index (χ1n) is 8.92. The fraction of sp³-hybridized carbons (Fsp3) is 0.0909. The van der Waals surface area contributed by atoms with E-state index in [0.717, 1.165) is 16.7 Å². The van der Waals surface area contributed by atoms with Crippen LogP contribution >= 0.6 is 0 Å². The van der Waals surface area contributed by atoms with Gasteiger partial charge in [-0.05, 0) is 48.5 Å². The molecule has 6 nitrogen and oxygen atoms in total. The van der Waals surface area contributed by atoms with E-state index < -0.39 is 6.10 Å². The van der Waals surface area contributed by atoms with E-state index >= 15 is 0 Å². The molecule has 1 aliphatic heterocycles. The minimum atomic E-state index is -0.702. The van der Waals surface area contributed by atoms with Crippen LogP contribution in [0.1, 0.15) is 0 Å². The molecule has 0 saturated carbocycles. The number of benzene rings is 3. The SMILES string of the molecule is O=C(Nc1ccc(-c2nc3ccccc3o2)cc1)[C@@H]1COc2ccccc2O1. The number of carbonyl (C=O) groups is 1. The molecule has 3 aromatic carbocycles. The van der Waals surface area contributed by atoms with Crippen LogP contribution in [0.4, 0.5) is 5.69 Å². The zero-order valence-electron chi connectivity index (χ0n) is 14.8. The van der Waals surface area contributed by atoms with Crippen LogP contribution in [0, 0.1) is 0 Å². The summed E-state index contributed by atoms with van der Waals surface area (Å²) in [5, 5.41) is 2.85. The van der Waals surface area contributed by atoms with Crippen LogP contribution in [-0.4, -0.2) is 23.6 Å². The zero-order chi connectivity index (χ0) is 18.9. The molecular weight excluding hydrogens is 356 g/mol. The lowest BCUT2D eigenvalue weighted by molar-refractivity contribution is -0.125. The lowest BCUT2D eigenvalue weighted by Gasteiger charge is -2.25. The van der Waals surface area contributed by atoms with Gasteiger partial charge in [-0.2, -0.15) is 0 Å². The second kappa shape index (κ2) is 6.74. The number of hydrogen-bond donors (Lipinski definition) is 1. The van der Waals surface area contributed by atoms with Crippen molar-refractivity contribution in [2.75, 3.05) is 11.9 Å². The maximum Gasteiger partial charge on any atom is 0.269 e. The second-order valence-electron chi connectivity index (χ2n) is 6.42. The Morgan fingerprint density at radius 3 is 2.50 bits per heavy atom. The van der Waals surface area contributed by atoms with Gasteiger partial charge >= 0.3 is 0 Å². The smallest absolute Gasteiger partial charge is 0.269 e. The van der Waals surface area contributed by atoms with Gasteiger partial charge in [0.05, 0.1) is 0 Å². The standard InChI is InChI=1S/C22H16N2O4/c25-21(20-13-26-18-7-3-4-8-19(18)27-20)23-15-11-9-14(10-12-15)22-24-16-5-1-2-6-17(16)28-22/h1-12,20H,13H2,(H,23,25)/t20-/m0/s1. The van der Waals surface area contributed by atoms with Crippen LogP contribution < -0.4 is 14.8 Å². The van der Waals surface area contributed by atoms with Crippen molar-refractivity contribution < 1.29 is 18.7 Å². The molecule has 1 atom stereocenters. The lowest BCUT2D eigenvalue weighted by atomic mass is 10.2. The van der Waals surface area contributed by atoms with Crippen LogP contribution in [0.3, 0.4) is 0 Å². The first kappa shape index (κ1) is 16.4. The molecule has 0 saturated heterocycles. The minimum absolute atomic E-state index is 0.170. The maximum atomic E-state index is 12.5. The van der Waals surface area contributed by atoms with Gasteiger partial charge in [-0.25, -0.2) is 4.98 Å². The first-order chi connectivity index (χ1) is 13.8.